The summed E-state index contributed by atoms with van der Waals surface area (Å²) in [6.45, 7) is 0. The van der Waals surface area contributed by atoms with E-state index >= 15 is 0 Å². The summed E-state index contributed by atoms with van der Waals surface area (Å²) >= 11 is 6.24. The van der Waals surface area contributed by atoms with E-state index in [9.17, 15) is 0 Å². The Morgan fingerprint density at radius 2 is 1.50 bits per heavy atom. The van der Waals surface area contributed by atoms with Gasteiger partial charge in [-0.05, 0) is 29.0 Å². The summed E-state index contributed by atoms with van der Waals surface area (Å²) in [6.07, 6.45) is 0. The van der Waals surface area contributed by atoms with Gasteiger partial charge < -0.3 is 0 Å². The molecule has 0 radical (unpaired) electrons. The zero-order valence-electron chi connectivity index (χ0n) is 10.8. The Morgan fingerprint density at radius 3 is 2.30 bits per heavy atom. The Morgan fingerprint density at radius 1 is 0.800 bits per heavy atom. The van der Waals surface area contributed by atoms with Crippen molar-refractivity contribution in [2.24, 2.45) is 5.10 Å². The molecule has 0 saturated carbocycles. The number of nitrogens with one attached hydrogen (secondary N) is 1. The maximum absolute atomic E-state index is 6.24. The van der Waals surface area contributed by atoms with E-state index in [0.717, 1.165) is 16.6 Å². The van der Waals surface area contributed by atoms with Crippen LogP contribution in [0.3, 0.4) is 0 Å². The van der Waals surface area contributed by atoms with Gasteiger partial charge in [0.25, 0.3) is 0 Å². The van der Waals surface area contributed by atoms with Crippen molar-refractivity contribution < 1.29 is 0 Å². The highest BCUT2D eigenvalue weighted by Crippen LogP contribution is 2.17. The molecule has 0 aromatic heterocycles. The molecule has 0 atom stereocenters. The van der Waals surface area contributed by atoms with E-state index in [1.165, 1.54) is 5.39 Å². The van der Waals surface area contributed by atoms with Crippen LogP contribution in [0.1, 0.15) is 5.56 Å². The fraction of sp³-hybridized carbons (Fsp3) is 0. The summed E-state index contributed by atoms with van der Waals surface area (Å²) in [4.78, 5) is 0. The third-order valence-corrected chi connectivity index (χ3v) is 3.35. The molecule has 0 unspecified atom stereocenters. The Balaban J connectivity index is 1.86. The SMILES string of the molecule is Cl/C(=N\Nc1ccccc1)c1ccc2ccccc2c1. The average Bonchev–Trinajstić information content (AvgIpc) is 2.53. The molecule has 2 nitrogen and oxygen atoms in total. The first kappa shape index (κ1) is 12.7. The summed E-state index contributed by atoms with van der Waals surface area (Å²) in [5, 5.41) is 6.99. The van der Waals surface area contributed by atoms with Gasteiger partial charge in [0.1, 0.15) is 0 Å². The molecule has 0 saturated heterocycles. The van der Waals surface area contributed by atoms with Crippen LogP contribution in [0, 0.1) is 0 Å². The molecule has 20 heavy (non-hydrogen) atoms. The van der Waals surface area contributed by atoms with Gasteiger partial charge in [-0.1, -0.05) is 66.2 Å². The van der Waals surface area contributed by atoms with E-state index in [4.69, 9.17) is 11.6 Å². The number of anilines is 1. The van der Waals surface area contributed by atoms with E-state index in [2.05, 4.69) is 22.7 Å². The number of rotatable bonds is 3. The van der Waals surface area contributed by atoms with Crippen molar-refractivity contribution in [1.29, 1.82) is 0 Å². The number of hydrazone groups is 1. The van der Waals surface area contributed by atoms with Crippen LogP contribution in [-0.4, -0.2) is 5.17 Å². The van der Waals surface area contributed by atoms with Crippen molar-refractivity contribution in [3.05, 3.63) is 78.4 Å². The monoisotopic (exact) mass is 280 g/mol. The first-order valence-corrected chi connectivity index (χ1v) is 6.74. The van der Waals surface area contributed by atoms with E-state index in [-0.39, 0.29) is 0 Å². The molecule has 0 aliphatic heterocycles. The fourth-order valence-corrected chi connectivity index (χ4v) is 2.17. The molecule has 0 aliphatic rings. The molecular formula is C17H13ClN2. The minimum Gasteiger partial charge on any atom is -0.277 e. The Bertz CT molecular complexity index is 751. The van der Waals surface area contributed by atoms with Gasteiger partial charge >= 0.3 is 0 Å². The average molecular weight is 281 g/mol. The highest BCUT2D eigenvalue weighted by molar-refractivity contribution is 6.69. The smallest absolute Gasteiger partial charge is 0.156 e. The fourth-order valence-electron chi connectivity index (χ4n) is 2.01. The van der Waals surface area contributed by atoms with E-state index < -0.39 is 0 Å². The predicted molar refractivity (Wildman–Crippen MR) is 86.4 cm³/mol. The second kappa shape index (κ2) is 5.76. The minimum atomic E-state index is 0.444. The molecule has 0 aliphatic carbocycles. The third-order valence-electron chi connectivity index (χ3n) is 3.04. The number of hydrogen-bond donors (Lipinski definition) is 1. The van der Waals surface area contributed by atoms with Crippen LogP contribution in [0.25, 0.3) is 10.8 Å². The van der Waals surface area contributed by atoms with Gasteiger partial charge in [-0.25, -0.2) is 0 Å². The summed E-state index contributed by atoms with van der Waals surface area (Å²) in [5.41, 5.74) is 4.75. The van der Waals surface area contributed by atoms with Crippen LogP contribution < -0.4 is 5.43 Å². The molecule has 0 bridgehead atoms. The highest BCUT2D eigenvalue weighted by Gasteiger charge is 2.01. The zero-order valence-corrected chi connectivity index (χ0v) is 11.5. The predicted octanol–water partition coefficient (Wildman–Crippen LogP) is 4.85. The number of halogens is 1. The molecule has 1 N–H and O–H groups in total. The molecule has 0 spiro atoms. The third kappa shape index (κ3) is 2.81. The maximum atomic E-state index is 6.24. The van der Waals surface area contributed by atoms with Crippen LogP contribution in [0.2, 0.25) is 0 Å². The summed E-state index contributed by atoms with van der Waals surface area (Å²) in [7, 11) is 0. The lowest BCUT2D eigenvalue weighted by Gasteiger charge is -2.03. The van der Waals surface area contributed by atoms with Gasteiger partial charge in [-0.15, -0.1) is 0 Å². The maximum Gasteiger partial charge on any atom is 0.156 e. The van der Waals surface area contributed by atoms with Crippen LogP contribution in [0.5, 0.6) is 0 Å². The topological polar surface area (TPSA) is 24.4 Å². The van der Waals surface area contributed by atoms with Crippen LogP contribution >= 0.6 is 11.6 Å². The van der Waals surface area contributed by atoms with Crippen molar-refractivity contribution in [3.63, 3.8) is 0 Å². The molecule has 3 heteroatoms. The zero-order chi connectivity index (χ0) is 13.8. The van der Waals surface area contributed by atoms with Gasteiger partial charge in [0.2, 0.25) is 0 Å². The first-order valence-electron chi connectivity index (χ1n) is 6.36. The number of fused-ring (bicyclic) bond motifs is 1. The lowest BCUT2D eigenvalue weighted by molar-refractivity contribution is 1.34. The van der Waals surface area contributed by atoms with Gasteiger partial charge in [0.15, 0.2) is 5.17 Å². The number of benzene rings is 3. The van der Waals surface area contributed by atoms with Crippen molar-refractivity contribution in [2.75, 3.05) is 5.43 Å². The van der Waals surface area contributed by atoms with Gasteiger partial charge in [0.05, 0.1) is 5.69 Å². The molecule has 0 fully saturated rings. The molecule has 3 rings (SSSR count). The molecule has 3 aromatic rings. The van der Waals surface area contributed by atoms with Crippen molar-refractivity contribution in [1.82, 2.24) is 0 Å². The van der Waals surface area contributed by atoms with Crippen LogP contribution in [-0.2, 0) is 0 Å². The Kier molecular flexibility index (Phi) is 3.66. The van der Waals surface area contributed by atoms with Crippen LogP contribution in [0.4, 0.5) is 5.69 Å². The summed E-state index contributed by atoms with van der Waals surface area (Å²) < 4.78 is 0. The second-order valence-corrected chi connectivity index (χ2v) is 4.80. The highest BCUT2D eigenvalue weighted by atomic mass is 35.5. The van der Waals surface area contributed by atoms with E-state index in [0.29, 0.717) is 5.17 Å². The lowest BCUT2D eigenvalue weighted by atomic mass is 10.1. The number of nitrogens with zero attached hydrogens (tertiary/aromatic N) is 1. The summed E-state index contributed by atoms with van der Waals surface area (Å²) in [6, 6.07) is 24.0. The normalized spacial score (nSPS) is 11.6. The van der Waals surface area contributed by atoms with Crippen molar-refractivity contribution >= 4 is 33.2 Å². The van der Waals surface area contributed by atoms with E-state index in [1.807, 2.05) is 60.7 Å². The first-order chi connectivity index (χ1) is 9.83. The van der Waals surface area contributed by atoms with E-state index in [1.54, 1.807) is 0 Å². The Labute approximate surface area is 122 Å². The standard InChI is InChI=1S/C17H13ClN2/c18-17(20-19-16-8-2-1-3-9-16)15-11-10-13-6-4-5-7-14(13)12-15/h1-12,19H/b20-17-. The molecular weight excluding hydrogens is 268 g/mol. The second-order valence-electron chi connectivity index (χ2n) is 4.44. The molecule has 0 amide bonds. The number of para-hydroxylation sites is 1. The quantitative estimate of drug-likeness (QED) is 0.538. The van der Waals surface area contributed by atoms with Crippen molar-refractivity contribution in [2.45, 2.75) is 0 Å². The van der Waals surface area contributed by atoms with Crippen molar-refractivity contribution in [3.8, 4) is 0 Å². The minimum absolute atomic E-state index is 0.444. The molecule has 3 aromatic carbocycles. The molecule has 98 valence electrons. The molecule has 0 heterocycles. The number of hydrogen-bond acceptors (Lipinski definition) is 2. The van der Waals surface area contributed by atoms with Gasteiger partial charge in [-0.3, -0.25) is 5.43 Å². The lowest BCUT2D eigenvalue weighted by Crippen LogP contribution is -1.97. The summed E-state index contributed by atoms with van der Waals surface area (Å²) in [5.74, 6) is 0. The Hall–Kier alpha value is -2.32. The van der Waals surface area contributed by atoms with Gasteiger partial charge in [-0.2, -0.15) is 5.10 Å². The van der Waals surface area contributed by atoms with Gasteiger partial charge in [0, 0.05) is 5.56 Å². The van der Waals surface area contributed by atoms with Crippen LogP contribution in [0.15, 0.2) is 77.9 Å². The largest absolute Gasteiger partial charge is 0.277 e.